The molecule has 3 aromatic rings. The second-order valence-electron chi connectivity index (χ2n) is 7.86. The van der Waals surface area contributed by atoms with Crippen molar-refractivity contribution >= 4 is 33.3 Å². The number of hydrogen-bond acceptors (Lipinski definition) is 7. The normalized spacial score (nSPS) is 16.5. The lowest BCUT2D eigenvalue weighted by molar-refractivity contribution is -0.384. The summed E-state index contributed by atoms with van der Waals surface area (Å²) in [5.41, 5.74) is 1.13. The number of carbonyl (C=O) groups is 2. The van der Waals surface area contributed by atoms with Crippen LogP contribution in [0.25, 0.3) is 5.69 Å². The number of nitrogens with zero attached hydrogens (tertiary/aromatic N) is 4. The molecule has 1 aromatic heterocycles. The summed E-state index contributed by atoms with van der Waals surface area (Å²) < 4.78 is 28.0. The zero-order valence-corrected chi connectivity index (χ0v) is 18.1. The second kappa shape index (κ2) is 7.24. The van der Waals surface area contributed by atoms with Crippen LogP contribution in [-0.2, 0) is 10.0 Å². The molecule has 0 atom stereocenters. The van der Waals surface area contributed by atoms with Crippen LogP contribution in [0.15, 0.2) is 53.4 Å². The molecule has 0 radical (unpaired) electrons. The maximum Gasteiger partial charge on any atom is 0.269 e. The Morgan fingerprint density at radius 1 is 1.15 bits per heavy atom. The first kappa shape index (κ1) is 20.8. The fourth-order valence-corrected chi connectivity index (χ4v) is 5.59. The van der Waals surface area contributed by atoms with Crippen LogP contribution >= 0.6 is 0 Å². The third-order valence-corrected chi connectivity index (χ3v) is 7.34. The molecule has 0 unspecified atom stereocenters. The van der Waals surface area contributed by atoms with Crippen LogP contribution in [0.2, 0.25) is 0 Å². The van der Waals surface area contributed by atoms with E-state index < -0.39 is 26.8 Å². The number of nitrogens with one attached hydrogen (secondary N) is 1. The van der Waals surface area contributed by atoms with Gasteiger partial charge in [-0.15, -0.1) is 0 Å². The predicted octanol–water partition coefficient (Wildman–Crippen LogP) is 2.65. The number of anilines is 1. The number of aryl methyl sites for hydroxylation is 1. The average Bonchev–Trinajstić information content (AvgIpc) is 3.50. The molecule has 2 aliphatic rings. The lowest BCUT2D eigenvalue weighted by atomic mass is 10.1. The van der Waals surface area contributed by atoms with Gasteiger partial charge in [0.05, 0.1) is 21.9 Å². The number of amides is 2. The van der Waals surface area contributed by atoms with Crippen molar-refractivity contribution in [3.05, 3.63) is 75.5 Å². The maximum absolute atomic E-state index is 12.9. The minimum absolute atomic E-state index is 0.0604. The molecule has 1 aliphatic heterocycles. The Balaban J connectivity index is 1.45. The highest BCUT2D eigenvalue weighted by Gasteiger charge is 2.48. The van der Waals surface area contributed by atoms with Gasteiger partial charge in [0.1, 0.15) is 10.7 Å². The Morgan fingerprint density at radius 3 is 2.48 bits per heavy atom. The summed E-state index contributed by atoms with van der Waals surface area (Å²) >= 11 is 0. The third kappa shape index (κ3) is 3.44. The van der Waals surface area contributed by atoms with E-state index in [1.165, 1.54) is 47.1 Å². The Hall–Kier alpha value is -4.06. The number of hydrogen-bond donors (Lipinski definition) is 1. The van der Waals surface area contributed by atoms with Crippen LogP contribution in [0.1, 0.15) is 39.3 Å². The fraction of sp³-hybridized carbons (Fsp3) is 0.190. The quantitative estimate of drug-likeness (QED) is 0.448. The van der Waals surface area contributed by atoms with Gasteiger partial charge in [-0.1, -0.05) is 0 Å². The van der Waals surface area contributed by atoms with Crippen molar-refractivity contribution in [3.8, 4) is 5.69 Å². The zero-order valence-electron chi connectivity index (χ0n) is 17.3. The van der Waals surface area contributed by atoms with Gasteiger partial charge in [0.15, 0.2) is 0 Å². The minimum Gasteiger partial charge on any atom is -0.306 e. The van der Waals surface area contributed by atoms with Crippen LogP contribution < -0.4 is 5.32 Å². The van der Waals surface area contributed by atoms with Gasteiger partial charge in [0.2, 0.25) is 0 Å². The standard InChI is InChI=1S/C21H17N5O6S/c1-12-10-19(24(23-12)14-3-7-16(8-4-14)26(29)30)22-20(27)13-2-9-17-18(11-13)33(31,32)25(21(17)28)15-5-6-15/h2-4,7-11,15H,5-6H2,1H3,(H,22,27). The summed E-state index contributed by atoms with van der Waals surface area (Å²) in [6.07, 6.45) is 1.27. The minimum atomic E-state index is -3.99. The number of fused-ring (bicyclic) bond motifs is 1. The Kier molecular flexibility index (Phi) is 4.57. The molecule has 11 nitrogen and oxygen atoms in total. The first-order chi connectivity index (χ1) is 15.7. The van der Waals surface area contributed by atoms with Gasteiger partial charge >= 0.3 is 0 Å². The Bertz CT molecular complexity index is 1440. The van der Waals surface area contributed by atoms with E-state index in [-0.39, 0.29) is 27.8 Å². The summed E-state index contributed by atoms with van der Waals surface area (Å²) in [5, 5.41) is 17.9. The van der Waals surface area contributed by atoms with E-state index in [0.717, 1.165) is 4.31 Å². The molecule has 12 heteroatoms. The van der Waals surface area contributed by atoms with Gasteiger partial charge in [0.25, 0.3) is 27.5 Å². The number of rotatable bonds is 5. The molecule has 0 bridgehead atoms. The van der Waals surface area contributed by atoms with Gasteiger partial charge in [0, 0.05) is 29.8 Å². The van der Waals surface area contributed by atoms with E-state index in [9.17, 15) is 28.1 Å². The van der Waals surface area contributed by atoms with Crippen molar-refractivity contribution in [2.24, 2.45) is 0 Å². The van der Waals surface area contributed by atoms with E-state index in [1.807, 2.05) is 0 Å². The summed E-state index contributed by atoms with van der Waals surface area (Å²) in [6.45, 7) is 1.72. The zero-order chi connectivity index (χ0) is 23.5. The maximum atomic E-state index is 12.9. The summed E-state index contributed by atoms with van der Waals surface area (Å²) in [6, 6.07) is 10.9. The first-order valence-electron chi connectivity index (χ1n) is 10.0. The molecule has 2 heterocycles. The van der Waals surface area contributed by atoms with Crippen molar-refractivity contribution in [2.75, 3.05) is 5.32 Å². The van der Waals surface area contributed by atoms with Gasteiger partial charge < -0.3 is 5.32 Å². The smallest absolute Gasteiger partial charge is 0.269 e. The van der Waals surface area contributed by atoms with Crippen molar-refractivity contribution in [3.63, 3.8) is 0 Å². The summed E-state index contributed by atoms with van der Waals surface area (Å²) in [7, 11) is -3.99. The SMILES string of the molecule is Cc1cc(NC(=O)c2ccc3c(c2)S(=O)(=O)N(C2CC2)C3=O)n(-c2ccc([N+](=O)[O-])cc2)n1. The van der Waals surface area contributed by atoms with Crippen LogP contribution in [0, 0.1) is 17.0 Å². The number of carbonyl (C=O) groups excluding carboxylic acids is 2. The molecule has 0 saturated heterocycles. The highest BCUT2D eigenvalue weighted by molar-refractivity contribution is 7.90. The lowest BCUT2D eigenvalue weighted by Crippen LogP contribution is -2.31. The number of sulfonamides is 1. The van der Waals surface area contributed by atoms with Crippen LogP contribution in [0.4, 0.5) is 11.5 Å². The largest absolute Gasteiger partial charge is 0.306 e. The molecule has 168 valence electrons. The molecular weight excluding hydrogens is 450 g/mol. The highest BCUT2D eigenvalue weighted by atomic mass is 32.2. The van der Waals surface area contributed by atoms with Crippen molar-refractivity contribution in [1.82, 2.24) is 14.1 Å². The average molecular weight is 467 g/mol. The van der Waals surface area contributed by atoms with E-state index in [2.05, 4.69) is 10.4 Å². The molecule has 1 fully saturated rings. The van der Waals surface area contributed by atoms with Gasteiger partial charge in [-0.05, 0) is 50.1 Å². The third-order valence-electron chi connectivity index (χ3n) is 5.47. The highest BCUT2D eigenvalue weighted by Crippen LogP contribution is 2.39. The van der Waals surface area contributed by atoms with Gasteiger partial charge in [-0.25, -0.2) is 17.4 Å². The number of non-ortho nitro benzene ring substituents is 1. The second-order valence-corrected chi connectivity index (χ2v) is 9.64. The number of benzene rings is 2. The van der Waals surface area contributed by atoms with Crippen molar-refractivity contribution < 1.29 is 22.9 Å². The molecule has 0 spiro atoms. The number of nitro benzene ring substituents is 1. The van der Waals surface area contributed by atoms with Gasteiger partial charge in [-0.3, -0.25) is 19.7 Å². The Morgan fingerprint density at radius 2 is 1.85 bits per heavy atom. The van der Waals surface area contributed by atoms with E-state index in [4.69, 9.17) is 0 Å². The molecule has 1 N–H and O–H groups in total. The van der Waals surface area contributed by atoms with E-state index in [1.54, 1.807) is 13.0 Å². The topological polar surface area (TPSA) is 145 Å². The Labute approximate surface area is 187 Å². The predicted molar refractivity (Wildman–Crippen MR) is 116 cm³/mol. The van der Waals surface area contributed by atoms with Crippen molar-refractivity contribution in [1.29, 1.82) is 0 Å². The fourth-order valence-electron chi connectivity index (χ4n) is 3.75. The van der Waals surface area contributed by atoms with Crippen LogP contribution in [0.5, 0.6) is 0 Å². The number of nitro groups is 1. The number of aromatic nitrogens is 2. The molecule has 33 heavy (non-hydrogen) atoms. The first-order valence-corrected chi connectivity index (χ1v) is 11.5. The summed E-state index contributed by atoms with van der Waals surface area (Å²) in [4.78, 5) is 35.7. The molecular formula is C21H17N5O6S. The molecule has 2 aromatic carbocycles. The van der Waals surface area contributed by atoms with Crippen LogP contribution in [-0.4, -0.2) is 45.3 Å². The molecule has 1 aliphatic carbocycles. The summed E-state index contributed by atoms with van der Waals surface area (Å²) in [5.74, 6) is -0.856. The van der Waals surface area contributed by atoms with Gasteiger partial charge in [-0.2, -0.15) is 5.10 Å². The monoisotopic (exact) mass is 467 g/mol. The molecule has 1 saturated carbocycles. The van der Waals surface area contributed by atoms with E-state index >= 15 is 0 Å². The van der Waals surface area contributed by atoms with Crippen LogP contribution in [0.3, 0.4) is 0 Å². The molecule has 2 amide bonds. The lowest BCUT2D eigenvalue weighted by Gasteiger charge is -2.13. The van der Waals surface area contributed by atoms with Crippen molar-refractivity contribution in [2.45, 2.75) is 30.7 Å². The van der Waals surface area contributed by atoms with E-state index in [0.29, 0.717) is 30.0 Å². The molecule has 5 rings (SSSR count).